The summed E-state index contributed by atoms with van der Waals surface area (Å²) in [5, 5.41) is 12.3. The molecule has 3 nitrogen and oxygen atoms in total. The molecule has 0 amide bonds. The van der Waals surface area contributed by atoms with Crippen molar-refractivity contribution in [1.29, 1.82) is 0 Å². The third-order valence-electron chi connectivity index (χ3n) is 6.70. The molecule has 1 atom stereocenters. The number of ketones is 1. The minimum atomic E-state index is -1.84. The lowest BCUT2D eigenvalue weighted by atomic mass is 9.71. The van der Waals surface area contributed by atoms with Crippen LogP contribution in [0.4, 0.5) is 13.2 Å². The second kappa shape index (κ2) is 10.5. The molecule has 6 heteroatoms. The highest BCUT2D eigenvalue weighted by molar-refractivity contribution is 5.99. The topological polar surface area (TPSA) is 40.5 Å². The van der Waals surface area contributed by atoms with E-state index in [2.05, 4.69) is 4.90 Å². The maximum absolute atomic E-state index is 13.8. The Morgan fingerprint density at radius 2 is 1.21 bits per heavy atom. The van der Waals surface area contributed by atoms with Gasteiger partial charge in [0.1, 0.15) is 23.1 Å². The number of halogens is 3. The van der Waals surface area contributed by atoms with Crippen molar-refractivity contribution in [2.24, 2.45) is 5.92 Å². The lowest BCUT2D eigenvalue weighted by Crippen LogP contribution is -2.43. The number of likely N-dealkylation sites (tertiary alicyclic amines) is 1. The summed E-state index contributed by atoms with van der Waals surface area (Å²) in [6, 6.07) is 15.9. The zero-order valence-corrected chi connectivity index (χ0v) is 18.9. The van der Waals surface area contributed by atoms with Crippen LogP contribution in [0.25, 0.3) is 0 Å². The zero-order chi connectivity index (χ0) is 24.1. The first kappa shape index (κ1) is 24.2. The summed E-state index contributed by atoms with van der Waals surface area (Å²) < 4.78 is 41.0. The summed E-state index contributed by atoms with van der Waals surface area (Å²) in [7, 11) is 0. The summed E-state index contributed by atoms with van der Waals surface area (Å²) in [6.45, 7) is 2.42. The Morgan fingerprint density at radius 1 is 0.765 bits per heavy atom. The van der Waals surface area contributed by atoms with Gasteiger partial charge >= 0.3 is 0 Å². The molecule has 34 heavy (non-hydrogen) atoms. The Balaban J connectivity index is 1.80. The molecule has 4 rings (SSSR count). The molecule has 3 aromatic rings. The number of rotatable bonds is 8. The smallest absolute Gasteiger partial charge is 0.169 e. The van der Waals surface area contributed by atoms with Gasteiger partial charge in [-0.15, -0.1) is 0 Å². The van der Waals surface area contributed by atoms with Crippen molar-refractivity contribution in [2.45, 2.75) is 31.3 Å². The van der Waals surface area contributed by atoms with E-state index in [9.17, 15) is 23.1 Å². The highest BCUT2D eigenvalue weighted by atomic mass is 19.1. The average Bonchev–Trinajstić information content (AvgIpc) is 2.85. The molecule has 0 bridgehead atoms. The van der Waals surface area contributed by atoms with E-state index in [0.717, 1.165) is 25.9 Å². The fourth-order valence-corrected chi connectivity index (χ4v) is 4.82. The monoisotopic (exact) mass is 467 g/mol. The van der Waals surface area contributed by atoms with E-state index in [-0.39, 0.29) is 11.3 Å². The van der Waals surface area contributed by atoms with E-state index in [1.165, 1.54) is 79.2 Å². The van der Waals surface area contributed by atoms with Gasteiger partial charge in [-0.05, 0) is 98.6 Å². The average molecular weight is 468 g/mol. The Kier molecular flexibility index (Phi) is 7.49. The molecule has 0 saturated carbocycles. The van der Waals surface area contributed by atoms with Crippen molar-refractivity contribution in [3.8, 4) is 0 Å². The summed E-state index contributed by atoms with van der Waals surface area (Å²) in [5.41, 5.74) is -0.908. The summed E-state index contributed by atoms with van der Waals surface area (Å²) >= 11 is 0. The first-order valence-electron chi connectivity index (χ1n) is 11.6. The normalized spacial score (nSPS) is 15.8. The van der Waals surface area contributed by atoms with Crippen LogP contribution in [0.15, 0.2) is 72.8 Å². The third-order valence-corrected chi connectivity index (χ3v) is 6.70. The van der Waals surface area contributed by atoms with Crippen LogP contribution in [0.3, 0.4) is 0 Å². The molecule has 1 aliphatic heterocycles. The molecular weight excluding hydrogens is 439 g/mol. The van der Waals surface area contributed by atoms with Gasteiger partial charge in [0.25, 0.3) is 0 Å². The molecule has 0 spiro atoms. The Bertz CT molecular complexity index is 1050. The van der Waals surface area contributed by atoms with E-state index in [4.69, 9.17) is 0 Å². The van der Waals surface area contributed by atoms with Crippen molar-refractivity contribution in [3.05, 3.63) is 107 Å². The van der Waals surface area contributed by atoms with Crippen LogP contribution >= 0.6 is 0 Å². The van der Waals surface area contributed by atoms with Gasteiger partial charge < -0.3 is 10.0 Å². The number of hydrogen-bond acceptors (Lipinski definition) is 3. The second-order valence-electron chi connectivity index (χ2n) is 8.89. The number of piperidine rings is 1. The Morgan fingerprint density at radius 3 is 1.68 bits per heavy atom. The fraction of sp³-hybridized carbons (Fsp3) is 0.321. The largest absolute Gasteiger partial charge is 0.380 e. The fourth-order valence-electron chi connectivity index (χ4n) is 4.82. The summed E-state index contributed by atoms with van der Waals surface area (Å²) in [6.07, 6.45) is 3.65. The molecule has 1 fully saturated rings. The van der Waals surface area contributed by atoms with Crippen LogP contribution in [0.2, 0.25) is 0 Å². The Hall–Kier alpha value is -2.96. The van der Waals surface area contributed by atoms with Crippen LogP contribution in [0, 0.1) is 23.4 Å². The minimum absolute atomic E-state index is 0.271. The van der Waals surface area contributed by atoms with Gasteiger partial charge in [-0.25, -0.2) is 13.2 Å². The number of hydrogen-bond donors (Lipinski definition) is 1. The zero-order valence-electron chi connectivity index (χ0n) is 18.9. The number of aliphatic hydroxyl groups is 1. The molecule has 1 unspecified atom stereocenters. The van der Waals surface area contributed by atoms with E-state index in [0.29, 0.717) is 24.1 Å². The summed E-state index contributed by atoms with van der Waals surface area (Å²) in [5.74, 6) is -2.72. The highest BCUT2D eigenvalue weighted by Crippen LogP contribution is 2.41. The van der Waals surface area contributed by atoms with Gasteiger partial charge in [-0.3, -0.25) is 4.79 Å². The molecule has 0 radical (unpaired) electrons. The van der Waals surface area contributed by atoms with Gasteiger partial charge in [0, 0.05) is 5.56 Å². The predicted molar refractivity (Wildman–Crippen MR) is 125 cm³/mol. The van der Waals surface area contributed by atoms with E-state index in [1.807, 2.05) is 0 Å². The van der Waals surface area contributed by atoms with Crippen LogP contribution in [-0.4, -0.2) is 35.4 Å². The number of nitrogens with zero attached hydrogens (tertiary/aromatic N) is 1. The Labute approximate surface area is 197 Å². The second-order valence-corrected chi connectivity index (χ2v) is 8.89. The van der Waals surface area contributed by atoms with Crippen LogP contribution in [0.1, 0.15) is 47.2 Å². The minimum Gasteiger partial charge on any atom is -0.380 e. The number of carbonyl (C=O) groups is 1. The maximum atomic E-state index is 13.8. The molecule has 1 heterocycles. The maximum Gasteiger partial charge on any atom is 0.169 e. The van der Waals surface area contributed by atoms with Gasteiger partial charge in [0.15, 0.2) is 5.78 Å². The van der Waals surface area contributed by atoms with Gasteiger partial charge in [0.2, 0.25) is 0 Å². The lowest BCUT2D eigenvalue weighted by molar-refractivity contribution is 0.0112. The number of carbonyl (C=O) groups excluding carboxylic acids is 1. The quantitative estimate of drug-likeness (QED) is 0.431. The predicted octanol–water partition coefficient (Wildman–Crippen LogP) is 5.71. The van der Waals surface area contributed by atoms with Gasteiger partial charge in [-0.2, -0.15) is 0 Å². The van der Waals surface area contributed by atoms with E-state index >= 15 is 0 Å². The summed E-state index contributed by atoms with van der Waals surface area (Å²) in [4.78, 5) is 16.1. The van der Waals surface area contributed by atoms with Crippen molar-refractivity contribution in [3.63, 3.8) is 0 Å². The van der Waals surface area contributed by atoms with Gasteiger partial charge in [-0.1, -0.05) is 30.7 Å². The third kappa shape index (κ3) is 5.24. The molecule has 1 saturated heterocycles. The first-order valence-corrected chi connectivity index (χ1v) is 11.6. The van der Waals surface area contributed by atoms with Crippen LogP contribution < -0.4 is 0 Å². The van der Waals surface area contributed by atoms with E-state index < -0.39 is 29.0 Å². The molecule has 3 aromatic carbocycles. The SMILES string of the molecule is O=C(c1ccc(F)cc1)C(CCN1CCCCC1)C(O)(c1ccc(F)cc1)c1ccc(F)cc1. The van der Waals surface area contributed by atoms with Crippen molar-refractivity contribution in [1.82, 2.24) is 4.90 Å². The highest BCUT2D eigenvalue weighted by Gasteiger charge is 2.44. The van der Waals surface area contributed by atoms with E-state index in [1.54, 1.807) is 0 Å². The van der Waals surface area contributed by atoms with Crippen molar-refractivity contribution < 1.29 is 23.1 Å². The van der Waals surface area contributed by atoms with Crippen molar-refractivity contribution in [2.75, 3.05) is 19.6 Å². The molecular formula is C28H28F3NO2. The van der Waals surface area contributed by atoms with Crippen molar-refractivity contribution >= 4 is 5.78 Å². The molecule has 0 aromatic heterocycles. The first-order chi connectivity index (χ1) is 16.4. The molecule has 0 aliphatic carbocycles. The standard InChI is InChI=1S/C28H28F3NO2/c29-23-10-4-20(5-11-23)27(33)26(16-19-32-17-2-1-3-18-32)28(34,21-6-12-24(30)13-7-21)22-8-14-25(31)15-9-22/h4-15,26,34H,1-3,16-19H2. The number of benzene rings is 3. The van der Waals surface area contributed by atoms with Gasteiger partial charge in [0.05, 0.1) is 5.92 Å². The lowest BCUT2D eigenvalue weighted by Gasteiger charge is -2.38. The molecule has 1 aliphatic rings. The molecule has 1 N–H and O–H groups in total. The number of Topliss-reactive ketones (excluding diaryl/α,β-unsaturated/α-hetero) is 1. The van der Waals surface area contributed by atoms with Crippen LogP contribution in [-0.2, 0) is 5.60 Å². The van der Waals surface area contributed by atoms with Crippen LogP contribution in [0.5, 0.6) is 0 Å². The molecule has 178 valence electrons.